The Morgan fingerprint density at radius 3 is 2.56 bits per heavy atom. The summed E-state index contributed by atoms with van der Waals surface area (Å²) in [7, 11) is 1.69. The van der Waals surface area contributed by atoms with Gasteiger partial charge in [0.1, 0.15) is 11.4 Å². The number of nitrogens with zero attached hydrogens (tertiary/aromatic N) is 4. The van der Waals surface area contributed by atoms with Crippen molar-refractivity contribution in [2.24, 2.45) is 0 Å². The average Bonchev–Trinajstić information content (AvgIpc) is 2.94. The first-order chi connectivity index (χ1) is 17.8. The summed E-state index contributed by atoms with van der Waals surface area (Å²) in [5.74, 6) is 1.62. The summed E-state index contributed by atoms with van der Waals surface area (Å²) in [6.07, 6.45) is 5.71. The second-order valence-corrected chi connectivity index (χ2v) is 9.43. The molecule has 2 aromatic heterocycles. The Bertz CT molecular complexity index is 1500. The van der Waals surface area contributed by atoms with Crippen LogP contribution >= 0.6 is 0 Å². The number of hydrogen-bond acceptors (Lipinski definition) is 6. The number of hydrogen-bond donors (Lipinski definition) is 1. The summed E-state index contributed by atoms with van der Waals surface area (Å²) in [4.78, 5) is 6.80. The van der Waals surface area contributed by atoms with E-state index in [0.717, 1.165) is 66.1 Å². The highest BCUT2D eigenvalue weighted by Gasteiger charge is 2.21. The van der Waals surface area contributed by atoms with E-state index >= 15 is 0 Å². The highest BCUT2D eigenvalue weighted by Crippen LogP contribution is 2.33. The van der Waals surface area contributed by atoms with Crippen molar-refractivity contribution in [3.05, 3.63) is 90.8 Å². The summed E-state index contributed by atoms with van der Waals surface area (Å²) in [6.45, 7) is 3.08. The van der Waals surface area contributed by atoms with Crippen molar-refractivity contribution in [1.29, 1.82) is 0 Å². The van der Waals surface area contributed by atoms with E-state index < -0.39 is 0 Å². The number of rotatable bonds is 6. The van der Waals surface area contributed by atoms with Gasteiger partial charge in [-0.2, -0.15) is 0 Å². The molecule has 0 bridgehead atoms. The predicted octanol–water partition coefficient (Wildman–Crippen LogP) is 5.93. The van der Waals surface area contributed by atoms with E-state index in [1.807, 2.05) is 30.5 Å². The SMILES string of the molecule is COc1ccc2c(-c3cccnc3)nnc(NC3CCN(Cc4ccc5ccccc5c4)CC3)c2c1. The van der Waals surface area contributed by atoms with Crippen molar-refractivity contribution >= 4 is 27.4 Å². The summed E-state index contributed by atoms with van der Waals surface area (Å²) >= 11 is 0. The zero-order chi connectivity index (χ0) is 24.3. The van der Waals surface area contributed by atoms with Gasteiger partial charge in [0.2, 0.25) is 0 Å². The van der Waals surface area contributed by atoms with Gasteiger partial charge in [-0.3, -0.25) is 9.88 Å². The molecule has 0 atom stereocenters. The molecule has 6 rings (SSSR count). The van der Waals surface area contributed by atoms with Crippen LogP contribution in [0.15, 0.2) is 85.2 Å². The minimum Gasteiger partial charge on any atom is -0.497 e. The molecule has 1 fully saturated rings. The Morgan fingerprint density at radius 1 is 0.889 bits per heavy atom. The molecular formula is C30H29N5O. The van der Waals surface area contributed by atoms with Crippen molar-refractivity contribution < 1.29 is 4.74 Å². The van der Waals surface area contributed by atoms with Crippen LogP contribution in [-0.2, 0) is 6.54 Å². The predicted molar refractivity (Wildman–Crippen MR) is 145 cm³/mol. The molecule has 3 heterocycles. The molecular weight excluding hydrogens is 446 g/mol. The highest BCUT2D eigenvalue weighted by atomic mass is 16.5. The molecule has 0 unspecified atom stereocenters. The quantitative estimate of drug-likeness (QED) is 0.328. The van der Waals surface area contributed by atoms with Gasteiger partial charge < -0.3 is 10.1 Å². The van der Waals surface area contributed by atoms with Crippen molar-refractivity contribution in [3.8, 4) is 17.0 Å². The standard InChI is InChI=1S/C30H29N5O/c1-36-26-10-11-27-28(18-26)30(34-33-29(27)24-7-4-14-31-19-24)32-25-12-15-35(16-13-25)20-21-8-9-22-5-2-3-6-23(22)17-21/h2-11,14,17-19,25H,12-13,15-16,20H2,1H3,(H,32,34). The summed E-state index contributed by atoms with van der Waals surface area (Å²) in [5, 5.41) is 17.5. The van der Waals surface area contributed by atoms with Gasteiger partial charge in [-0.15, -0.1) is 10.2 Å². The van der Waals surface area contributed by atoms with Crippen molar-refractivity contribution in [3.63, 3.8) is 0 Å². The molecule has 3 aromatic carbocycles. The largest absolute Gasteiger partial charge is 0.497 e. The average molecular weight is 476 g/mol. The first-order valence-electron chi connectivity index (χ1n) is 12.5. The number of likely N-dealkylation sites (tertiary alicyclic amines) is 1. The van der Waals surface area contributed by atoms with Gasteiger partial charge >= 0.3 is 0 Å². The number of aromatic nitrogens is 3. The number of fused-ring (bicyclic) bond motifs is 2. The third kappa shape index (κ3) is 4.60. The zero-order valence-corrected chi connectivity index (χ0v) is 20.4. The van der Waals surface area contributed by atoms with Crippen molar-refractivity contribution in [2.75, 3.05) is 25.5 Å². The molecule has 1 aliphatic rings. The first kappa shape index (κ1) is 22.4. The molecule has 180 valence electrons. The lowest BCUT2D eigenvalue weighted by Gasteiger charge is -2.32. The van der Waals surface area contributed by atoms with Gasteiger partial charge in [0.05, 0.1) is 7.11 Å². The number of anilines is 1. The molecule has 5 aromatic rings. The van der Waals surface area contributed by atoms with Crippen LogP contribution in [0, 0.1) is 0 Å². The van der Waals surface area contributed by atoms with Crippen LogP contribution < -0.4 is 10.1 Å². The van der Waals surface area contributed by atoms with Crippen molar-refractivity contribution in [2.45, 2.75) is 25.4 Å². The normalized spacial score (nSPS) is 14.8. The topological polar surface area (TPSA) is 63.2 Å². The number of ether oxygens (including phenoxy) is 1. The molecule has 1 aliphatic heterocycles. The van der Waals surface area contributed by atoms with Crippen LogP contribution in [0.25, 0.3) is 32.8 Å². The van der Waals surface area contributed by atoms with E-state index in [1.54, 1.807) is 13.3 Å². The second kappa shape index (κ2) is 9.91. The summed E-state index contributed by atoms with van der Waals surface area (Å²) in [5.41, 5.74) is 3.15. The number of methoxy groups -OCH3 is 1. The molecule has 36 heavy (non-hydrogen) atoms. The summed E-state index contributed by atoms with van der Waals surface area (Å²) < 4.78 is 5.52. The third-order valence-corrected chi connectivity index (χ3v) is 7.07. The Kier molecular flexibility index (Phi) is 6.18. The first-order valence-corrected chi connectivity index (χ1v) is 12.5. The summed E-state index contributed by atoms with van der Waals surface area (Å²) in [6, 6.07) is 25.7. The van der Waals surface area contributed by atoms with Crippen LogP contribution in [0.4, 0.5) is 5.82 Å². The molecule has 1 N–H and O–H groups in total. The van der Waals surface area contributed by atoms with E-state index in [0.29, 0.717) is 6.04 Å². The molecule has 0 aliphatic carbocycles. The van der Waals surface area contributed by atoms with Gasteiger partial charge in [0, 0.05) is 54.4 Å². The van der Waals surface area contributed by atoms with Crippen molar-refractivity contribution in [1.82, 2.24) is 20.1 Å². The van der Waals surface area contributed by atoms with E-state index in [-0.39, 0.29) is 0 Å². The monoisotopic (exact) mass is 475 g/mol. The van der Waals surface area contributed by atoms with Gasteiger partial charge in [-0.05, 0) is 65.6 Å². The maximum atomic E-state index is 5.52. The van der Waals surface area contributed by atoms with E-state index in [2.05, 4.69) is 73.9 Å². The van der Waals surface area contributed by atoms with Crippen LogP contribution in [0.2, 0.25) is 0 Å². The van der Waals surface area contributed by atoms with Gasteiger partial charge in [-0.25, -0.2) is 0 Å². The smallest absolute Gasteiger partial charge is 0.156 e. The van der Waals surface area contributed by atoms with E-state index in [4.69, 9.17) is 4.74 Å². The van der Waals surface area contributed by atoms with Crippen LogP contribution in [0.3, 0.4) is 0 Å². The molecule has 6 nitrogen and oxygen atoms in total. The Hall–Kier alpha value is -4.03. The maximum Gasteiger partial charge on any atom is 0.156 e. The lowest BCUT2D eigenvalue weighted by molar-refractivity contribution is 0.211. The number of piperidine rings is 1. The van der Waals surface area contributed by atoms with Gasteiger partial charge in [0.15, 0.2) is 5.82 Å². The molecule has 0 amide bonds. The Morgan fingerprint density at radius 2 is 1.75 bits per heavy atom. The molecule has 0 saturated carbocycles. The molecule has 1 saturated heterocycles. The number of nitrogens with one attached hydrogen (secondary N) is 1. The molecule has 6 heteroatoms. The second-order valence-electron chi connectivity index (χ2n) is 9.43. The highest BCUT2D eigenvalue weighted by molar-refractivity contribution is 6.00. The fourth-order valence-electron chi connectivity index (χ4n) is 5.11. The molecule has 0 spiro atoms. The van der Waals surface area contributed by atoms with Crippen LogP contribution in [0.5, 0.6) is 5.75 Å². The minimum atomic E-state index is 0.353. The third-order valence-electron chi connectivity index (χ3n) is 7.07. The zero-order valence-electron chi connectivity index (χ0n) is 20.4. The van der Waals surface area contributed by atoms with E-state index in [1.165, 1.54) is 16.3 Å². The fraction of sp³-hybridized carbons (Fsp3) is 0.233. The Balaban J connectivity index is 1.18. The van der Waals surface area contributed by atoms with Crippen LogP contribution in [0.1, 0.15) is 18.4 Å². The lowest BCUT2D eigenvalue weighted by atomic mass is 10.0. The number of benzene rings is 3. The number of pyridine rings is 1. The Labute approximate surface area is 211 Å². The minimum absolute atomic E-state index is 0.353. The molecule has 0 radical (unpaired) electrons. The van der Waals surface area contributed by atoms with Crippen LogP contribution in [-0.4, -0.2) is 46.3 Å². The fourth-order valence-corrected chi connectivity index (χ4v) is 5.11. The maximum absolute atomic E-state index is 5.52. The van der Waals surface area contributed by atoms with Gasteiger partial charge in [-0.1, -0.05) is 36.4 Å². The van der Waals surface area contributed by atoms with E-state index in [9.17, 15) is 0 Å². The van der Waals surface area contributed by atoms with Gasteiger partial charge in [0.25, 0.3) is 0 Å². The lowest BCUT2D eigenvalue weighted by Crippen LogP contribution is -2.38.